The SMILES string of the molecule is CC(C)(C)[Si](C)(C)Oc1ccc(C2CCC(NS(=O)(=O)c3ccc([N+](=O)[O-])cc3)CC2)c(O[Si](C)(C)C(C)(C)C)c1. The Hall–Kier alpha value is -2.22. The van der Waals surface area contributed by atoms with Gasteiger partial charge in [-0.1, -0.05) is 47.6 Å². The molecular weight excluding hydrogens is 573 g/mol. The van der Waals surface area contributed by atoms with Gasteiger partial charge in [0.15, 0.2) is 0 Å². The molecule has 8 nitrogen and oxygen atoms in total. The van der Waals surface area contributed by atoms with Crippen LogP contribution in [0.5, 0.6) is 11.5 Å². The third kappa shape index (κ3) is 8.00. The molecule has 1 fully saturated rings. The highest BCUT2D eigenvalue weighted by atomic mass is 32.2. The fourth-order valence-electron chi connectivity index (χ4n) is 4.44. The number of nitro benzene ring substituents is 1. The number of nitrogens with zero attached hydrogens (tertiary/aromatic N) is 1. The van der Waals surface area contributed by atoms with Crippen LogP contribution in [0.1, 0.15) is 78.7 Å². The predicted octanol–water partition coefficient (Wildman–Crippen LogP) is 8.37. The van der Waals surface area contributed by atoms with Crippen molar-refractivity contribution >= 4 is 32.3 Å². The van der Waals surface area contributed by atoms with Gasteiger partial charge >= 0.3 is 0 Å². The maximum Gasteiger partial charge on any atom is 0.269 e. The molecule has 0 heterocycles. The first-order valence-electron chi connectivity index (χ1n) is 14.4. The molecule has 1 N–H and O–H groups in total. The van der Waals surface area contributed by atoms with Crippen LogP contribution >= 0.6 is 0 Å². The van der Waals surface area contributed by atoms with Gasteiger partial charge in [0.2, 0.25) is 26.7 Å². The van der Waals surface area contributed by atoms with Crippen molar-refractivity contribution in [1.82, 2.24) is 4.72 Å². The summed E-state index contributed by atoms with van der Waals surface area (Å²) in [5.41, 5.74) is 1.02. The third-order valence-electron chi connectivity index (χ3n) is 9.18. The average molecular weight is 621 g/mol. The first-order chi connectivity index (χ1) is 18.6. The van der Waals surface area contributed by atoms with E-state index in [1.54, 1.807) is 0 Å². The fraction of sp³-hybridized carbons (Fsp3) is 0.600. The van der Waals surface area contributed by atoms with E-state index in [1.807, 2.05) is 0 Å². The first-order valence-corrected chi connectivity index (χ1v) is 21.7. The molecule has 0 radical (unpaired) electrons. The molecule has 2 aromatic carbocycles. The largest absolute Gasteiger partial charge is 0.543 e. The molecule has 11 heteroatoms. The second kappa shape index (κ2) is 11.8. The van der Waals surface area contributed by atoms with Gasteiger partial charge in [0.1, 0.15) is 11.5 Å². The van der Waals surface area contributed by atoms with E-state index >= 15 is 0 Å². The molecule has 0 unspecified atom stereocenters. The van der Waals surface area contributed by atoms with Crippen LogP contribution in [0, 0.1) is 10.1 Å². The predicted molar refractivity (Wildman–Crippen MR) is 171 cm³/mol. The molecule has 0 aliphatic heterocycles. The molecule has 41 heavy (non-hydrogen) atoms. The highest BCUT2D eigenvalue weighted by Crippen LogP contribution is 2.45. The number of nitro groups is 1. The lowest BCUT2D eigenvalue weighted by atomic mass is 9.81. The second-order valence-electron chi connectivity index (χ2n) is 14.3. The van der Waals surface area contributed by atoms with Crippen LogP contribution in [-0.4, -0.2) is 36.0 Å². The van der Waals surface area contributed by atoms with Crippen molar-refractivity contribution < 1.29 is 22.2 Å². The third-order valence-corrected chi connectivity index (χ3v) is 19.4. The van der Waals surface area contributed by atoms with Crippen LogP contribution < -0.4 is 13.6 Å². The minimum absolute atomic E-state index is 0.0348. The van der Waals surface area contributed by atoms with E-state index in [1.165, 1.54) is 24.3 Å². The highest BCUT2D eigenvalue weighted by molar-refractivity contribution is 7.89. The Morgan fingerprint density at radius 1 is 0.829 bits per heavy atom. The Balaban J connectivity index is 1.81. The smallest absolute Gasteiger partial charge is 0.269 e. The number of rotatable bonds is 9. The van der Waals surface area contributed by atoms with Crippen molar-refractivity contribution in [2.45, 2.75) is 120 Å². The Bertz CT molecular complexity index is 1340. The topological polar surface area (TPSA) is 108 Å². The summed E-state index contributed by atoms with van der Waals surface area (Å²) < 4.78 is 42.3. The van der Waals surface area contributed by atoms with E-state index in [-0.39, 0.29) is 32.6 Å². The fourth-order valence-corrected chi connectivity index (χ4v) is 7.80. The van der Waals surface area contributed by atoms with Crippen LogP contribution in [0.2, 0.25) is 36.3 Å². The minimum Gasteiger partial charge on any atom is -0.543 e. The Morgan fingerprint density at radius 2 is 1.34 bits per heavy atom. The van der Waals surface area contributed by atoms with Gasteiger partial charge in [-0.15, -0.1) is 0 Å². The Labute approximate surface area is 248 Å². The summed E-state index contributed by atoms with van der Waals surface area (Å²) in [4.78, 5) is 10.4. The quantitative estimate of drug-likeness (QED) is 0.171. The van der Waals surface area contributed by atoms with Crippen molar-refractivity contribution in [2.24, 2.45) is 0 Å². The first kappa shape index (κ1) is 33.3. The summed E-state index contributed by atoms with van der Waals surface area (Å²) in [6.45, 7) is 22.4. The normalized spacial score (nSPS) is 19.1. The zero-order chi connectivity index (χ0) is 31.0. The van der Waals surface area contributed by atoms with Crippen LogP contribution in [-0.2, 0) is 10.0 Å². The van der Waals surface area contributed by atoms with E-state index in [4.69, 9.17) is 8.85 Å². The van der Waals surface area contributed by atoms with E-state index < -0.39 is 31.6 Å². The maximum atomic E-state index is 13.0. The molecule has 2 aromatic rings. The Morgan fingerprint density at radius 3 is 1.83 bits per heavy atom. The second-order valence-corrected chi connectivity index (χ2v) is 25.5. The van der Waals surface area contributed by atoms with Crippen molar-refractivity contribution in [2.75, 3.05) is 0 Å². The van der Waals surface area contributed by atoms with E-state index in [0.717, 1.165) is 29.9 Å². The summed E-state index contributed by atoms with van der Waals surface area (Å²) in [6.07, 6.45) is 3.03. The van der Waals surface area contributed by atoms with E-state index in [0.29, 0.717) is 12.8 Å². The molecular formula is C30H48N2O6SSi2. The summed E-state index contributed by atoms with van der Waals surface area (Å²) in [6, 6.07) is 11.1. The number of non-ortho nitro benzene ring substituents is 1. The zero-order valence-corrected chi connectivity index (χ0v) is 29.1. The highest BCUT2D eigenvalue weighted by Gasteiger charge is 2.41. The lowest BCUT2D eigenvalue weighted by Gasteiger charge is -2.39. The van der Waals surface area contributed by atoms with Crippen molar-refractivity contribution in [3.63, 3.8) is 0 Å². The number of hydrogen-bond donors (Lipinski definition) is 1. The van der Waals surface area contributed by atoms with Gasteiger partial charge in [-0.3, -0.25) is 10.1 Å². The summed E-state index contributed by atoms with van der Waals surface area (Å²) in [5, 5.41) is 11.0. The van der Waals surface area contributed by atoms with Crippen molar-refractivity contribution in [3.8, 4) is 11.5 Å². The number of sulfonamides is 1. The van der Waals surface area contributed by atoms with Gasteiger partial charge in [0.05, 0.1) is 9.82 Å². The molecule has 0 spiro atoms. The van der Waals surface area contributed by atoms with E-state index in [9.17, 15) is 18.5 Å². The summed E-state index contributed by atoms with van der Waals surface area (Å²) >= 11 is 0. The molecule has 0 aromatic heterocycles. The van der Waals surface area contributed by atoms with Crippen LogP contribution in [0.25, 0.3) is 0 Å². The minimum atomic E-state index is -3.77. The van der Waals surface area contributed by atoms with Gasteiger partial charge in [-0.05, 0) is 91.6 Å². The molecule has 0 atom stereocenters. The van der Waals surface area contributed by atoms with Crippen molar-refractivity contribution in [1.29, 1.82) is 0 Å². The van der Waals surface area contributed by atoms with Crippen LogP contribution in [0.15, 0.2) is 47.4 Å². The average Bonchev–Trinajstić information content (AvgIpc) is 2.83. The van der Waals surface area contributed by atoms with Crippen LogP contribution in [0.4, 0.5) is 5.69 Å². The molecule has 0 amide bonds. The van der Waals surface area contributed by atoms with Gasteiger partial charge in [-0.25, -0.2) is 13.1 Å². The van der Waals surface area contributed by atoms with Gasteiger partial charge in [0, 0.05) is 24.2 Å². The maximum absolute atomic E-state index is 13.0. The molecule has 1 aliphatic carbocycles. The van der Waals surface area contributed by atoms with Crippen LogP contribution in [0.3, 0.4) is 0 Å². The lowest BCUT2D eigenvalue weighted by molar-refractivity contribution is -0.384. The monoisotopic (exact) mass is 620 g/mol. The molecule has 1 aliphatic rings. The van der Waals surface area contributed by atoms with E-state index in [2.05, 4.69) is 90.7 Å². The van der Waals surface area contributed by atoms with Gasteiger partial charge in [0.25, 0.3) is 5.69 Å². The molecule has 0 bridgehead atoms. The Kier molecular flexibility index (Phi) is 9.59. The molecule has 228 valence electrons. The lowest BCUT2D eigenvalue weighted by Crippen LogP contribution is -2.44. The van der Waals surface area contributed by atoms with Crippen molar-refractivity contribution in [3.05, 3.63) is 58.1 Å². The molecule has 1 saturated carbocycles. The number of hydrogen-bond acceptors (Lipinski definition) is 6. The standard InChI is InChI=1S/C30H48N2O6SSi2/c1-29(2,3)40(7,8)37-25-17-20-27(28(21-25)38-41(9,10)30(4,5)6)22-11-13-23(14-12-22)31-39(35,36)26-18-15-24(16-19-26)32(33)34/h15-23,31H,11-14H2,1-10H3. The summed E-state index contributed by atoms with van der Waals surface area (Å²) in [7, 11) is -7.94. The number of benzene rings is 2. The number of nitrogens with one attached hydrogen (secondary N) is 1. The summed E-state index contributed by atoms with van der Waals surface area (Å²) in [5.74, 6) is 1.98. The van der Waals surface area contributed by atoms with Gasteiger partial charge in [-0.2, -0.15) is 0 Å². The molecule has 3 rings (SSSR count). The zero-order valence-electron chi connectivity index (χ0n) is 26.3. The van der Waals surface area contributed by atoms with Gasteiger partial charge < -0.3 is 8.85 Å². The molecule has 0 saturated heterocycles.